The Balaban J connectivity index is 2.35. The fourth-order valence-electron chi connectivity index (χ4n) is 2.29. The first kappa shape index (κ1) is 21.7. The third-order valence-electron chi connectivity index (χ3n) is 3.75. The van der Waals surface area contributed by atoms with E-state index in [9.17, 15) is 8.94 Å². The van der Waals surface area contributed by atoms with Gasteiger partial charge in [0, 0.05) is 11.4 Å². The monoisotopic (exact) mass is 409 g/mol. The number of hydrogen-bond donors (Lipinski definition) is 0. The minimum absolute atomic E-state index is 0.352. The molecule has 0 bridgehead atoms. The Morgan fingerprint density at radius 2 is 1.89 bits per heavy atom. The molecule has 0 aromatic heterocycles. The molecule has 0 N–H and O–H groups in total. The Morgan fingerprint density at radius 1 is 1.19 bits per heavy atom. The van der Waals surface area contributed by atoms with Gasteiger partial charge in [-0.2, -0.15) is 0 Å². The molecule has 0 saturated heterocycles. The van der Waals surface area contributed by atoms with E-state index in [-0.39, 0.29) is 0 Å². The van der Waals surface area contributed by atoms with E-state index in [4.69, 9.17) is 16.3 Å². The van der Waals surface area contributed by atoms with Crippen molar-refractivity contribution in [3.05, 3.63) is 65.5 Å². The highest BCUT2D eigenvalue weighted by Gasteiger charge is 2.28. The number of halogens is 2. The number of nitrogens with zero attached hydrogens (tertiary/aromatic N) is 1. The van der Waals surface area contributed by atoms with Crippen molar-refractivity contribution in [1.29, 1.82) is 0 Å². The molecule has 27 heavy (non-hydrogen) atoms. The quantitative estimate of drug-likeness (QED) is 0.320. The minimum Gasteiger partial charge on any atom is -0.591 e. The second kappa shape index (κ2) is 10.1. The summed E-state index contributed by atoms with van der Waals surface area (Å²) in [4.78, 5) is 0. The van der Waals surface area contributed by atoms with Gasteiger partial charge >= 0.3 is 0 Å². The van der Waals surface area contributed by atoms with Crippen LogP contribution in [0.2, 0.25) is 0 Å². The van der Waals surface area contributed by atoms with Gasteiger partial charge in [0.05, 0.1) is 0 Å². The Hall–Kier alpha value is -1.56. The summed E-state index contributed by atoms with van der Waals surface area (Å²) in [7, 11) is 0. The van der Waals surface area contributed by atoms with Crippen LogP contribution in [0.4, 0.5) is 4.39 Å². The Labute approximate surface area is 168 Å². The van der Waals surface area contributed by atoms with E-state index >= 15 is 0 Å². The van der Waals surface area contributed by atoms with Crippen LogP contribution in [0.1, 0.15) is 44.7 Å². The zero-order valence-electron chi connectivity index (χ0n) is 15.9. The number of benzene rings is 2. The molecule has 0 saturated carbocycles. The lowest BCUT2D eigenvalue weighted by Gasteiger charge is -2.20. The molecule has 0 aliphatic carbocycles. The SMILES string of the molecule is CC(C)(C)[S+]([O-])N=C(CCCCl)c1cc(F)ccc1OCc1ccccc1. The molecule has 0 radical (unpaired) electrons. The zero-order chi connectivity index (χ0) is 19.9. The third kappa shape index (κ3) is 6.83. The van der Waals surface area contributed by atoms with E-state index in [2.05, 4.69) is 4.40 Å². The van der Waals surface area contributed by atoms with E-state index < -0.39 is 21.9 Å². The van der Waals surface area contributed by atoms with Crippen molar-refractivity contribution < 1.29 is 13.7 Å². The molecule has 3 nitrogen and oxygen atoms in total. The van der Waals surface area contributed by atoms with Crippen LogP contribution in [0.25, 0.3) is 0 Å². The van der Waals surface area contributed by atoms with Crippen LogP contribution >= 0.6 is 11.6 Å². The van der Waals surface area contributed by atoms with Gasteiger partial charge in [-0.3, -0.25) is 0 Å². The van der Waals surface area contributed by atoms with Gasteiger partial charge in [0.2, 0.25) is 0 Å². The van der Waals surface area contributed by atoms with Crippen molar-refractivity contribution in [1.82, 2.24) is 0 Å². The first-order chi connectivity index (χ1) is 12.8. The standard InChI is InChI=1S/C21H25ClFNO2S/c1-21(2,3)27(25)24-19(10-7-13-22)18-14-17(23)11-12-20(18)26-15-16-8-5-4-6-9-16/h4-6,8-9,11-12,14H,7,10,13,15H2,1-3H3. The number of alkyl halides is 1. The summed E-state index contributed by atoms with van der Waals surface area (Å²) < 4.78 is 36.3. The van der Waals surface area contributed by atoms with Crippen LogP contribution in [0.5, 0.6) is 5.75 Å². The van der Waals surface area contributed by atoms with Crippen LogP contribution in [-0.4, -0.2) is 20.9 Å². The maximum atomic E-state index is 14.0. The lowest BCUT2D eigenvalue weighted by Crippen LogP contribution is -2.27. The Kier molecular flexibility index (Phi) is 8.14. The van der Waals surface area contributed by atoms with Gasteiger partial charge in [-0.1, -0.05) is 34.7 Å². The average Bonchev–Trinajstić information content (AvgIpc) is 2.64. The highest BCUT2D eigenvalue weighted by atomic mass is 35.5. The lowest BCUT2D eigenvalue weighted by molar-refractivity contribution is 0.305. The van der Waals surface area contributed by atoms with E-state index in [1.54, 1.807) is 6.07 Å². The summed E-state index contributed by atoms with van der Waals surface area (Å²) in [6.45, 7) is 5.91. The van der Waals surface area contributed by atoms with E-state index in [0.717, 1.165) is 5.56 Å². The second-order valence-electron chi connectivity index (χ2n) is 7.11. The van der Waals surface area contributed by atoms with Crippen molar-refractivity contribution >= 4 is 28.7 Å². The first-order valence-electron chi connectivity index (χ1n) is 8.83. The molecule has 0 amide bonds. The molecule has 2 aromatic carbocycles. The van der Waals surface area contributed by atoms with Crippen molar-refractivity contribution in [3.8, 4) is 5.75 Å². The second-order valence-corrected chi connectivity index (χ2v) is 9.39. The predicted octanol–water partition coefficient (Wildman–Crippen LogP) is 5.68. The maximum Gasteiger partial charge on any atom is 0.144 e. The first-order valence-corrected chi connectivity index (χ1v) is 10.5. The molecule has 0 aliphatic heterocycles. The number of hydrogen-bond acceptors (Lipinski definition) is 3. The summed E-state index contributed by atoms with van der Waals surface area (Å²) in [5, 5.41) is 0. The van der Waals surface area contributed by atoms with Gasteiger partial charge in [-0.05, 0) is 57.4 Å². The molecule has 2 aromatic rings. The predicted molar refractivity (Wildman–Crippen MR) is 112 cm³/mol. The summed E-state index contributed by atoms with van der Waals surface area (Å²) >= 11 is 4.38. The molecule has 6 heteroatoms. The molecule has 0 heterocycles. The molecule has 0 aliphatic rings. The minimum atomic E-state index is -1.46. The van der Waals surface area contributed by atoms with Crippen molar-refractivity contribution in [2.24, 2.45) is 4.40 Å². The molecule has 1 unspecified atom stereocenters. The highest BCUT2D eigenvalue weighted by molar-refractivity contribution is 7.91. The van der Waals surface area contributed by atoms with Gasteiger partial charge in [-0.15, -0.1) is 11.6 Å². The largest absolute Gasteiger partial charge is 0.591 e. The fourth-order valence-corrected chi connectivity index (χ4v) is 3.09. The maximum absolute atomic E-state index is 14.0. The molecule has 0 fully saturated rings. The van der Waals surface area contributed by atoms with Gasteiger partial charge < -0.3 is 9.29 Å². The molecule has 0 spiro atoms. The Morgan fingerprint density at radius 3 is 2.52 bits per heavy atom. The molecular weight excluding hydrogens is 385 g/mol. The van der Waals surface area contributed by atoms with Crippen LogP contribution in [0.15, 0.2) is 52.9 Å². The zero-order valence-corrected chi connectivity index (χ0v) is 17.4. The van der Waals surface area contributed by atoms with Crippen LogP contribution in [-0.2, 0) is 18.0 Å². The van der Waals surface area contributed by atoms with Crippen molar-refractivity contribution in [2.75, 3.05) is 5.88 Å². The van der Waals surface area contributed by atoms with Crippen LogP contribution < -0.4 is 4.74 Å². The van der Waals surface area contributed by atoms with Gasteiger partial charge in [-0.25, -0.2) is 4.39 Å². The third-order valence-corrected chi connectivity index (χ3v) is 5.46. The van der Waals surface area contributed by atoms with Crippen LogP contribution in [0.3, 0.4) is 0 Å². The summed E-state index contributed by atoms with van der Waals surface area (Å²) in [6, 6.07) is 14.0. The molecule has 146 valence electrons. The van der Waals surface area contributed by atoms with Crippen molar-refractivity contribution in [3.63, 3.8) is 0 Å². The fraction of sp³-hybridized carbons (Fsp3) is 0.381. The van der Waals surface area contributed by atoms with E-state index in [1.165, 1.54) is 12.1 Å². The van der Waals surface area contributed by atoms with E-state index in [0.29, 0.717) is 42.4 Å². The van der Waals surface area contributed by atoms with Crippen molar-refractivity contribution in [2.45, 2.75) is 45.0 Å². The smallest absolute Gasteiger partial charge is 0.144 e. The highest BCUT2D eigenvalue weighted by Crippen LogP contribution is 2.26. The Bertz CT molecular complexity index is 763. The summed E-state index contributed by atoms with van der Waals surface area (Å²) in [6.07, 6.45) is 1.15. The van der Waals surface area contributed by atoms with Gasteiger partial charge in [0.1, 0.15) is 40.0 Å². The molecule has 1 atom stereocenters. The lowest BCUT2D eigenvalue weighted by atomic mass is 10.0. The van der Waals surface area contributed by atoms with E-state index in [1.807, 2.05) is 51.1 Å². The summed E-state index contributed by atoms with van der Waals surface area (Å²) in [5.74, 6) is 0.563. The molecular formula is C21H25ClFNO2S. The van der Waals surface area contributed by atoms with Gasteiger partial charge in [0.15, 0.2) is 0 Å². The van der Waals surface area contributed by atoms with Gasteiger partial charge in [0.25, 0.3) is 0 Å². The molecule has 2 rings (SSSR count). The topological polar surface area (TPSA) is 44.7 Å². The normalized spacial score (nSPS) is 13.5. The average molecular weight is 410 g/mol. The van der Waals surface area contributed by atoms with Crippen LogP contribution in [0, 0.1) is 5.82 Å². The number of rotatable bonds is 8. The summed E-state index contributed by atoms with van der Waals surface area (Å²) in [5.41, 5.74) is 2.07. The number of ether oxygens (including phenoxy) is 1.